The Kier molecular flexibility index (Phi) is 4.66. The van der Waals surface area contributed by atoms with Gasteiger partial charge in [-0.1, -0.05) is 0 Å². The fourth-order valence-corrected chi connectivity index (χ4v) is 2.08. The van der Waals surface area contributed by atoms with Crippen molar-refractivity contribution in [2.75, 3.05) is 46.4 Å². The van der Waals surface area contributed by atoms with E-state index in [1.165, 1.54) is 6.33 Å². The highest BCUT2D eigenvalue weighted by atomic mass is 16.5. The lowest BCUT2D eigenvalue weighted by Crippen LogP contribution is -2.36. The van der Waals surface area contributed by atoms with E-state index in [0.29, 0.717) is 5.82 Å². The molecular weight excluding hydrogens is 234 g/mol. The van der Waals surface area contributed by atoms with Gasteiger partial charge in [0.1, 0.15) is 6.33 Å². The molecule has 0 aromatic carbocycles. The number of hydrogen-bond donors (Lipinski definition) is 1. The van der Waals surface area contributed by atoms with E-state index in [1.54, 1.807) is 7.11 Å². The summed E-state index contributed by atoms with van der Waals surface area (Å²) in [7, 11) is 1.71. The Balaban J connectivity index is 1.87. The van der Waals surface area contributed by atoms with E-state index in [1.807, 2.05) is 4.90 Å². The Hall–Kier alpha value is -1.47. The lowest BCUT2D eigenvalue weighted by Gasteiger charge is -2.20. The molecule has 0 saturated carbocycles. The predicted molar refractivity (Wildman–Crippen MR) is 65.2 cm³/mol. The summed E-state index contributed by atoms with van der Waals surface area (Å²) in [4.78, 5) is 20.1. The zero-order valence-corrected chi connectivity index (χ0v) is 10.6. The largest absolute Gasteiger partial charge is 0.383 e. The van der Waals surface area contributed by atoms with Crippen LogP contribution in [0.4, 0.5) is 0 Å². The van der Waals surface area contributed by atoms with Crippen LogP contribution in [0.1, 0.15) is 17.0 Å². The van der Waals surface area contributed by atoms with E-state index in [-0.39, 0.29) is 5.91 Å². The number of carbonyl (C=O) groups is 1. The number of nitrogens with zero attached hydrogens (tertiary/aromatic N) is 4. The molecule has 2 rings (SSSR count). The van der Waals surface area contributed by atoms with E-state index < -0.39 is 0 Å². The summed E-state index contributed by atoms with van der Waals surface area (Å²) in [5.74, 6) is 0.251. The SMILES string of the molecule is COCCN1CCCN(C(=O)c2ncn[nH]2)CC1. The van der Waals surface area contributed by atoms with Gasteiger partial charge in [-0.15, -0.1) is 0 Å². The minimum atomic E-state index is -0.0684. The Labute approximate surface area is 106 Å². The zero-order valence-electron chi connectivity index (χ0n) is 10.6. The van der Waals surface area contributed by atoms with Gasteiger partial charge < -0.3 is 9.64 Å². The molecular formula is C11H19N5O2. The molecule has 100 valence electrons. The van der Waals surface area contributed by atoms with Gasteiger partial charge in [0.2, 0.25) is 5.82 Å². The second-order valence-corrected chi connectivity index (χ2v) is 4.31. The molecule has 0 bridgehead atoms. The van der Waals surface area contributed by atoms with E-state index in [9.17, 15) is 4.79 Å². The van der Waals surface area contributed by atoms with Gasteiger partial charge in [0.15, 0.2) is 0 Å². The third-order valence-corrected chi connectivity index (χ3v) is 3.10. The fraction of sp³-hybridized carbons (Fsp3) is 0.727. The van der Waals surface area contributed by atoms with Crippen LogP contribution in [0.25, 0.3) is 0 Å². The smallest absolute Gasteiger partial charge is 0.291 e. The van der Waals surface area contributed by atoms with Gasteiger partial charge in [-0.25, -0.2) is 4.98 Å². The number of amides is 1. The summed E-state index contributed by atoms with van der Waals surface area (Å²) in [6, 6.07) is 0. The minimum absolute atomic E-state index is 0.0684. The number of carbonyl (C=O) groups excluding carboxylic acids is 1. The molecule has 0 atom stereocenters. The van der Waals surface area contributed by atoms with Gasteiger partial charge in [-0.2, -0.15) is 5.10 Å². The Bertz CT molecular complexity index is 368. The molecule has 0 spiro atoms. The summed E-state index contributed by atoms with van der Waals surface area (Å²) in [5.41, 5.74) is 0. The van der Waals surface area contributed by atoms with Crippen molar-refractivity contribution in [3.05, 3.63) is 12.2 Å². The van der Waals surface area contributed by atoms with Crippen LogP contribution in [0.3, 0.4) is 0 Å². The minimum Gasteiger partial charge on any atom is -0.383 e. The maximum absolute atomic E-state index is 12.1. The molecule has 7 nitrogen and oxygen atoms in total. The highest BCUT2D eigenvalue weighted by molar-refractivity contribution is 5.90. The quantitative estimate of drug-likeness (QED) is 0.790. The number of aromatic amines is 1. The van der Waals surface area contributed by atoms with Crippen LogP contribution in [0.5, 0.6) is 0 Å². The number of nitrogens with one attached hydrogen (secondary N) is 1. The van der Waals surface area contributed by atoms with Crippen LogP contribution in [0.15, 0.2) is 6.33 Å². The first-order valence-corrected chi connectivity index (χ1v) is 6.17. The molecule has 1 fully saturated rings. The predicted octanol–water partition coefficient (Wildman–Crippen LogP) is -0.401. The number of ether oxygens (including phenoxy) is 1. The highest BCUT2D eigenvalue weighted by Crippen LogP contribution is 2.06. The van der Waals surface area contributed by atoms with Crippen molar-refractivity contribution in [1.82, 2.24) is 25.0 Å². The molecule has 2 heterocycles. The van der Waals surface area contributed by atoms with Crippen LogP contribution in [0, 0.1) is 0 Å². The summed E-state index contributed by atoms with van der Waals surface area (Å²) < 4.78 is 5.07. The van der Waals surface area contributed by atoms with Gasteiger partial charge in [-0.3, -0.25) is 14.8 Å². The molecule has 0 unspecified atom stereocenters. The van der Waals surface area contributed by atoms with Crippen molar-refractivity contribution in [2.24, 2.45) is 0 Å². The average molecular weight is 253 g/mol. The third kappa shape index (κ3) is 3.27. The van der Waals surface area contributed by atoms with Crippen LogP contribution in [0.2, 0.25) is 0 Å². The number of hydrogen-bond acceptors (Lipinski definition) is 5. The first kappa shape index (κ1) is 13.0. The van der Waals surface area contributed by atoms with Crippen molar-refractivity contribution in [1.29, 1.82) is 0 Å². The van der Waals surface area contributed by atoms with E-state index in [4.69, 9.17) is 4.74 Å². The van der Waals surface area contributed by atoms with Crippen molar-refractivity contribution < 1.29 is 9.53 Å². The van der Waals surface area contributed by atoms with Crippen LogP contribution in [-0.2, 0) is 4.74 Å². The normalized spacial score (nSPS) is 17.7. The molecule has 1 N–H and O–H groups in total. The van der Waals surface area contributed by atoms with Crippen molar-refractivity contribution in [2.45, 2.75) is 6.42 Å². The molecule has 1 aliphatic rings. The molecule has 0 radical (unpaired) electrons. The molecule has 1 aliphatic heterocycles. The Morgan fingerprint density at radius 3 is 3.06 bits per heavy atom. The maximum atomic E-state index is 12.1. The zero-order chi connectivity index (χ0) is 12.8. The fourth-order valence-electron chi connectivity index (χ4n) is 2.08. The van der Waals surface area contributed by atoms with Crippen molar-refractivity contribution >= 4 is 5.91 Å². The second kappa shape index (κ2) is 6.46. The lowest BCUT2D eigenvalue weighted by molar-refractivity contribution is 0.0747. The first-order valence-electron chi connectivity index (χ1n) is 6.17. The van der Waals surface area contributed by atoms with Gasteiger partial charge in [-0.05, 0) is 13.0 Å². The van der Waals surface area contributed by atoms with Crippen LogP contribution < -0.4 is 0 Å². The number of H-pyrrole nitrogens is 1. The van der Waals surface area contributed by atoms with Gasteiger partial charge in [0.05, 0.1) is 6.61 Å². The topological polar surface area (TPSA) is 74.3 Å². The number of rotatable bonds is 4. The number of aromatic nitrogens is 3. The summed E-state index contributed by atoms with van der Waals surface area (Å²) in [5, 5.41) is 6.32. The highest BCUT2D eigenvalue weighted by Gasteiger charge is 2.21. The molecule has 1 amide bonds. The average Bonchev–Trinajstić information content (AvgIpc) is 2.82. The Morgan fingerprint density at radius 1 is 1.44 bits per heavy atom. The van der Waals surface area contributed by atoms with Crippen molar-refractivity contribution in [3.8, 4) is 0 Å². The van der Waals surface area contributed by atoms with E-state index >= 15 is 0 Å². The summed E-state index contributed by atoms with van der Waals surface area (Å²) >= 11 is 0. The molecule has 7 heteroatoms. The number of methoxy groups -OCH3 is 1. The first-order chi connectivity index (χ1) is 8.81. The monoisotopic (exact) mass is 253 g/mol. The van der Waals surface area contributed by atoms with Gasteiger partial charge in [0.25, 0.3) is 5.91 Å². The second-order valence-electron chi connectivity index (χ2n) is 4.31. The summed E-state index contributed by atoms with van der Waals surface area (Å²) in [6.07, 6.45) is 2.33. The van der Waals surface area contributed by atoms with Crippen LogP contribution >= 0.6 is 0 Å². The van der Waals surface area contributed by atoms with Gasteiger partial charge in [0, 0.05) is 33.3 Å². The van der Waals surface area contributed by atoms with Crippen molar-refractivity contribution in [3.63, 3.8) is 0 Å². The maximum Gasteiger partial charge on any atom is 0.291 e. The molecule has 1 aromatic rings. The molecule has 1 aromatic heterocycles. The van der Waals surface area contributed by atoms with Crippen LogP contribution in [-0.4, -0.2) is 77.3 Å². The summed E-state index contributed by atoms with van der Waals surface area (Å²) in [6.45, 7) is 5.02. The van der Waals surface area contributed by atoms with E-state index in [0.717, 1.165) is 45.8 Å². The molecule has 18 heavy (non-hydrogen) atoms. The van der Waals surface area contributed by atoms with E-state index in [2.05, 4.69) is 20.1 Å². The standard InChI is InChI=1S/C11H19N5O2/c1-18-8-7-15-3-2-4-16(6-5-15)11(17)10-12-9-13-14-10/h9H,2-8H2,1H3,(H,12,13,14). The Morgan fingerprint density at radius 2 is 2.33 bits per heavy atom. The lowest BCUT2D eigenvalue weighted by atomic mass is 10.3. The van der Waals surface area contributed by atoms with Gasteiger partial charge >= 0.3 is 0 Å². The molecule has 0 aliphatic carbocycles. The molecule has 1 saturated heterocycles. The third-order valence-electron chi connectivity index (χ3n) is 3.10.